The molecule has 2 rings (SSSR count). The van der Waals surface area contributed by atoms with Crippen molar-refractivity contribution < 1.29 is 30.2 Å². The van der Waals surface area contributed by atoms with E-state index in [0.29, 0.717) is 0 Å². The molecule has 0 bridgehead atoms. The highest BCUT2D eigenvalue weighted by atomic mass is 35.5. The lowest BCUT2D eigenvalue weighted by atomic mass is 10.3. The second-order valence-electron chi connectivity index (χ2n) is 5.53. The van der Waals surface area contributed by atoms with Crippen LogP contribution in [0.15, 0.2) is 47.6 Å². The quantitative estimate of drug-likeness (QED) is 0.639. The van der Waals surface area contributed by atoms with Gasteiger partial charge in [0.05, 0.1) is 15.6 Å². The predicted octanol–water partition coefficient (Wildman–Crippen LogP) is -1.17. The van der Waals surface area contributed by atoms with Crippen LogP contribution in [0.3, 0.4) is 0 Å². The first kappa shape index (κ1) is 21.4. The molecule has 0 aliphatic rings. The van der Waals surface area contributed by atoms with E-state index in [1.165, 1.54) is 32.3 Å². The average Bonchev–Trinajstić information content (AvgIpc) is 2.51. The molecule has 1 heterocycles. The minimum Gasteiger partial charge on any atom is -1.00 e. The van der Waals surface area contributed by atoms with Crippen LogP contribution in [0.1, 0.15) is 5.56 Å². The Bertz CT molecular complexity index is 853. The van der Waals surface area contributed by atoms with Gasteiger partial charge in [-0.15, -0.1) is 0 Å². The summed E-state index contributed by atoms with van der Waals surface area (Å²) in [5, 5.41) is 2.92. The van der Waals surface area contributed by atoms with Crippen LogP contribution >= 0.6 is 11.6 Å². The maximum absolute atomic E-state index is 12.2. The van der Waals surface area contributed by atoms with E-state index in [1.807, 2.05) is 19.1 Å². The maximum Gasteiger partial charge on any atom is 0.290 e. The second kappa shape index (κ2) is 8.62. The van der Waals surface area contributed by atoms with Gasteiger partial charge in [0.15, 0.2) is 12.4 Å². The fraction of sp³-hybridized carbons (Fsp3) is 0.250. The summed E-state index contributed by atoms with van der Waals surface area (Å²) >= 11 is 6.06. The van der Waals surface area contributed by atoms with Gasteiger partial charge in [-0.2, -0.15) is 4.57 Å². The van der Waals surface area contributed by atoms with Crippen molar-refractivity contribution in [3.05, 3.63) is 53.3 Å². The lowest BCUT2D eigenvalue weighted by Gasteiger charge is -2.13. The molecule has 1 aromatic heterocycles. The third-order valence-electron chi connectivity index (χ3n) is 3.37. The number of amides is 1. The largest absolute Gasteiger partial charge is 1.00 e. The van der Waals surface area contributed by atoms with E-state index in [9.17, 15) is 13.2 Å². The molecule has 0 saturated heterocycles. The fourth-order valence-electron chi connectivity index (χ4n) is 1.96. The van der Waals surface area contributed by atoms with E-state index in [1.54, 1.807) is 17.0 Å². The molecule has 6 nitrogen and oxygen atoms in total. The second-order valence-corrected chi connectivity index (χ2v) is 8.08. The van der Waals surface area contributed by atoms with Gasteiger partial charge < -0.3 is 17.7 Å². The van der Waals surface area contributed by atoms with Crippen LogP contribution in [0.4, 0.5) is 5.69 Å². The summed E-state index contributed by atoms with van der Waals surface area (Å²) in [4.78, 5) is 12.2. The first-order valence-corrected chi connectivity index (χ1v) is 8.99. The molecular formula is C16H19Cl2N3O3S. The number of benzene rings is 1. The normalized spacial score (nSPS) is 11.1. The van der Waals surface area contributed by atoms with Gasteiger partial charge in [-0.3, -0.25) is 4.79 Å². The highest BCUT2D eigenvalue weighted by Gasteiger charge is 2.19. The lowest BCUT2D eigenvalue weighted by Crippen LogP contribution is -3.00. The smallest absolute Gasteiger partial charge is 0.290 e. The molecule has 0 aliphatic carbocycles. The summed E-state index contributed by atoms with van der Waals surface area (Å²) < 4.78 is 27.2. The summed E-state index contributed by atoms with van der Waals surface area (Å²) in [6.07, 6.45) is 3.59. The number of halogens is 2. The number of aryl methyl sites for hydroxylation is 1. The minimum atomic E-state index is -3.60. The number of sulfonamides is 1. The topological polar surface area (TPSA) is 70.4 Å². The number of carbonyl (C=O) groups is 1. The molecule has 0 radical (unpaired) electrons. The van der Waals surface area contributed by atoms with E-state index in [4.69, 9.17) is 11.6 Å². The molecular weight excluding hydrogens is 385 g/mol. The van der Waals surface area contributed by atoms with Crippen LogP contribution in [0.25, 0.3) is 0 Å². The van der Waals surface area contributed by atoms with E-state index in [0.717, 1.165) is 9.87 Å². The lowest BCUT2D eigenvalue weighted by molar-refractivity contribution is -0.684. The molecule has 1 aromatic carbocycles. The summed E-state index contributed by atoms with van der Waals surface area (Å²) in [6.45, 7) is 2.06. The van der Waals surface area contributed by atoms with E-state index < -0.39 is 10.0 Å². The van der Waals surface area contributed by atoms with Gasteiger partial charge in [-0.1, -0.05) is 11.6 Å². The molecule has 9 heteroatoms. The number of rotatable bonds is 5. The van der Waals surface area contributed by atoms with E-state index in [-0.39, 0.29) is 40.5 Å². The Labute approximate surface area is 158 Å². The molecule has 0 aliphatic heterocycles. The van der Waals surface area contributed by atoms with Gasteiger partial charge in [0.2, 0.25) is 16.6 Å². The molecule has 1 amide bonds. The molecule has 25 heavy (non-hydrogen) atoms. The average molecular weight is 404 g/mol. The molecule has 0 saturated carbocycles. The zero-order valence-electron chi connectivity index (χ0n) is 14.0. The number of hydrogen-bond donors (Lipinski definition) is 1. The molecule has 1 N–H and O–H groups in total. The molecule has 136 valence electrons. The highest BCUT2D eigenvalue weighted by molar-refractivity contribution is 7.89. The van der Waals surface area contributed by atoms with Crippen molar-refractivity contribution in [2.75, 3.05) is 19.4 Å². The van der Waals surface area contributed by atoms with Gasteiger partial charge in [-0.05, 0) is 30.7 Å². The maximum atomic E-state index is 12.2. The van der Waals surface area contributed by atoms with Crippen molar-refractivity contribution in [2.24, 2.45) is 0 Å². The Kier molecular flexibility index (Phi) is 7.37. The van der Waals surface area contributed by atoms with E-state index in [2.05, 4.69) is 5.32 Å². The Morgan fingerprint density at radius 3 is 2.36 bits per heavy atom. The number of hydrogen-bond acceptors (Lipinski definition) is 3. The monoisotopic (exact) mass is 403 g/mol. The Morgan fingerprint density at radius 1 is 1.20 bits per heavy atom. The molecule has 0 atom stereocenters. The van der Waals surface area contributed by atoms with Crippen molar-refractivity contribution in [3.8, 4) is 0 Å². The van der Waals surface area contributed by atoms with Crippen molar-refractivity contribution in [1.82, 2.24) is 4.31 Å². The van der Waals surface area contributed by atoms with Gasteiger partial charge in [0, 0.05) is 26.2 Å². The summed E-state index contributed by atoms with van der Waals surface area (Å²) in [5.41, 5.74) is 1.36. The van der Waals surface area contributed by atoms with Gasteiger partial charge in [0.25, 0.3) is 5.91 Å². The zero-order valence-corrected chi connectivity index (χ0v) is 16.4. The number of nitrogens with one attached hydrogen (secondary N) is 1. The predicted molar refractivity (Wildman–Crippen MR) is 92.3 cm³/mol. The van der Waals surface area contributed by atoms with Crippen LogP contribution in [0.5, 0.6) is 0 Å². The van der Waals surface area contributed by atoms with Crippen molar-refractivity contribution in [1.29, 1.82) is 0 Å². The molecule has 0 spiro atoms. The Morgan fingerprint density at radius 2 is 1.80 bits per heavy atom. The minimum absolute atomic E-state index is 0. The van der Waals surface area contributed by atoms with Crippen LogP contribution in [-0.4, -0.2) is 32.7 Å². The van der Waals surface area contributed by atoms with Crippen molar-refractivity contribution >= 4 is 33.2 Å². The van der Waals surface area contributed by atoms with Gasteiger partial charge >= 0.3 is 0 Å². The highest BCUT2D eigenvalue weighted by Crippen LogP contribution is 2.26. The first-order chi connectivity index (χ1) is 11.2. The van der Waals surface area contributed by atoms with Crippen LogP contribution in [0, 0.1) is 6.92 Å². The number of anilines is 1. The van der Waals surface area contributed by atoms with E-state index >= 15 is 0 Å². The molecule has 0 unspecified atom stereocenters. The van der Waals surface area contributed by atoms with Crippen molar-refractivity contribution in [2.45, 2.75) is 18.4 Å². The summed E-state index contributed by atoms with van der Waals surface area (Å²) in [7, 11) is -0.716. The molecule has 2 aromatic rings. The van der Waals surface area contributed by atoms with Crippen LogP contribution in [-0.2, 0) is 21.4 Å². The van der Waals surface area contributed by atoms with Gasteiger partial charge in [-0.25, -0.2) is 12.7 Å². The third-order valence-corrected chi connectivity index (χ3v) is 5.52. The zero-order chi connectivity index (χ0) is 17.9. The Balaban J connectivity index is 0.00000312. The fourth-order valence-corrected chi connectivity index (χ4v) is 3.06. The number of aromatic nitrogens is 1. The van der Waals surface area contributed by atoms with Crippen LogP contribution in [0.2, 0.25) is 5.02 Å². The molecule has 0 fully saturated rings. The number of pyridine rings is 1. The van der Waals surface area contributed by atoms with Crippen LogP contribution < -0.4 is 22.3 Å². The number of nitrogens with zero attached hydrogens (tertiary/aromatic N) is 2. The standard InChI is InChI=1S/C16H18ClN3O3S.ClH/c1-12-6-8-20(9-7-12)11-16(21)18-15-10-13(4-5-14(15)17)24(22,23)19(2)3;/h4-10H,11H2,1-3H3;1H. The third kappa shape index (κ3) is 5.40. The van der Waals surface area contributed by atoms with Gasteiger partial charge in [0.1, 0.15) is 0 Å². The van der Waals surface area contributed by atoms with Crippen molar-refractivity contribution in [3.63, 3.8) is 0 Å². The SMILES string of the molecule is Cc1cc[n+](CC(=O)Nc2cc(S(=O)(=O)N(C)C)ccc2Cl)cc1.[Cl-]. The summed E-state index contributed by atoms with van der Waals surface area (Å²) in [5.74, 6) is -0.301. The first-order valence-electron chi connectivity index (χ1n) is 7.18. The summed E-state index contributed by atoms with van der Waals surface area (Å²) in [6, 6.07) is 8.00. The number of carbonyl (C=O) groups excluding carboxylic acids is 1. The Hall–Kier alpha value is -1.67.